The maximum atomic E-state index is 12.4. The van der Waals surface area contributed by atoms with Crippen molar-refractivity contribution >= 4 is 34.8 Å². The van der Waals surface area contributed by atoms with Gasteiger partial charge in [0.05, 0.1) is 18.4 Å². The highest BCUT2D eigenvalue weighted by atomic mass is 32.2. The van der Waals surface area contributed by atoms with Crippen LogP contribution in [0.2, 0.25) is 25.7 Å². The zero-order valence-electron chi connectivity index (χ0n) is 13.3. The summed E-state index contributed by atoms with van der Waals surface area (Å²) < 4.78 is 29.5. The number of benzene rings is 1. The molecule has 0 aliphatic rings. The molecule has 0 fully saturated rings. The molecule has 1 heterocycles. The van der Waals surface area contributed by atoms with Crippen LogP contribution < -0.4 is 0 Å². The normalized spacial score (nSPS) is 12.5. The van der Waals surface area contributed by atoms with Gasteiger partial charge in [0, 0.05) is 19.0 Å². The van der Waals surface area contributed by atoms with Crippen LogP contribution in [0.3, 0.4) is 0 Å². The second-order valence-electron chi connectivity index (χ2n) is 6.56. The Morgan fingerprint density at radius 3 is 2.50 bits per heavy atom. The molecule has 0 aliphatic carbocycles. The van der Waals surface area contributed by atoms with Crippen LogP contribution in [-0.2, 0) is 14.6 Å². The number of hydrogen-bond donors (Lipinski definition) is 1. The highest BCUT2D eigenvalue weighted by Crippen LogP contribution is 2.23. The molecular weight excluding hydrogens is 318 g/mol. The fraction of sp³-hybridized carbons (Fsp3) is 0.400. The first-order chi connectivity index (χ1) is 10.1. The third-order valence-corrected chi connectivity index (χ3v) is 7.22. The summed E-state index contributed by atoms with van der Waals surface area (Å²) >= 11 is 0. The molecule has 0 saturated carbocycles. The standard InChI is InChI=1S/C15H21NO4SSi/c1-20-15(17)11-5-6-13-12(9-11)10-14(16-13)21(18,19)7-8-22(2,3)4/h5-6,9-10,16H,7-8H2,1-4H3. The van der Waals surface area contributed by atoms with Crippen LogP contribution in [0.25, 0.3) is 10.9 Å². The summed E-state index contributed by atoms with van der Waals surface area (Å²) in [6.45, 7) is 6.45. The summed E-state index contributed by atoms with van der Waals surface area (Å²) in [5.74, 6) is -0.286. The van der Waals surface area contributed by atoms with Gasteiger partial charge in [-0.05, 0) is 30.3 Å². The third kappa shape index (κ3) is 3.78. The Kier molecular flexibility index (Phi) is 4.48. The van der Waals surface area contributed by atoms with Gasteiger partial charge in [-0.25, -0.2) is 13.2 Å². The average Bonchev–Trinajstić information content (AvgIpc) is 2.87. The first-order valence-electron chi connectivity index (χ1n) is 7.06. The zero-order chi connectivity index (χ0) is 16.5. The largest absolute Gasteiger partial charge is 0.465 e. The van der Waals surface area contributed by atoms with E-state index in [4.69, 9.17) is 0 Å². The number of hydrogen-bond acceptors (Lipinski definition) is 4. The van der Waals surface area contributed by atoms with E-state index in [0.717, 1.165) is 6.04 Å². The first-order valence-corrected chi connectivity index (χ1v) is 12.4. The minimum Gasteiger partial charge on any atom is -0.465 e. The van der Waals surface area contributed by atoms with Gasteiger partial charge in [0.25, 0.3) is 0 Å². The van der Waals surface area contributed by atoms with E-state index in [9.17, 15) is 13.2 Å². The van der Waals surface area contributed by atoms with Gasteiger partial charge in [0.15, 0.2) is 9.84 Å². The molecule has 1 aromatic carbocycles. The molecule has 0 amide bonds. The minimum atomic E-state index is -3.33. The van der Waals surface area contributed by atoms with E-state index in [1.54, 1.807) is 24.3 Å². The number of carbonyl (C=O) groups excluding carboxylic acids is 1. The fourth-order valence-electron chi connectivity index (χ4n) is 2.07. The van der Waals surface area contributed by atoms with Gasteiger partial charge in [-0.1, -0.05) is 19.6 Å². The maximum absolute atomic E-state index is 12.4. The number of aromatic amines is 1. The zero-order valence-corrected chi connectivity index (χ0v) is 15.1. The number of esters is 1. The number of H-pyrrole nitrogens is 1. The molecule has 120 valence electrons. The Bertz CT molecular complexity index is 803. The molecule has 0 spiro atoms. The molecule has 2 rings (SSSR count). The van der Waals surface area contributed by atoms with Gasteiger partial charge in [-0.2, -0.15) is 0 Å². The van der Waals surface area contributed by atoms with Crippen molar-refractivity contribution in [1.82, 2.24) is 4.98 Å². The second kappa shape index (κ2) is 5.89. The predicted molar refractivity (Wildman–Crippen MR) is 89.8 cm³/mol. The Morgan fingerprint density at radius 2 is 1.91 bits per heavy atom. The summed E-state index contributed by atoms with van der Waals surface area (Å²) in [4.78, 5) is 14.5. The fourth-order valence-corrected chi connectivity index (χ4v) is 6.39. The quantitative estimate of drug-likeness (QED) is 0.671. The van der Waals surface area contributed by atoms with Gasteiger partial charge in [-0.15, -0.1) is 0 Å². The lowest BCUT2D eigenvalue weighted by molar-refractivity contribution is 0.0601. The maximum Gasteiger partial charge on any atom is 0.337 e. The van der Waals surface area contributed by atoms with Crippen LogP contribution in [0, 0.1) is 0 Å². The van der Waals surface area contributed by atoms with Crippen LogP contribution >= 0.6 is 0 Å². The molecule has 1 aromatic heterocycles. The van der Waals surface area contributed by atoms with E-state index in [0.29, 0.717) is 16.5 Å². The molecule has 0 radical (unpaired) electrons. The van der Waals surface area contributed by atoms with Gasteiger partial charge in [-0.3, -0.25) is 0 Å². The molecule has 1 N–H and O–H groups in total. The number of nitrogens with one attached hydrogen (secondary N) is 1. The summed E-state index contributed by atoms with van der Waals surface area (Å²) in [5.41, 5.74) is 1.10. The smallest absolute Gasteiger partial charge is 0.337 e. The van der Waals surface area contributed by atoms with E-state index in [2.05, 4.69) is 29.4 Å². The molecule has 0 aliphatic heterocycles. The van der Waals surface area contributed by atoms with Crippen LogP contribution in [-0.4, -0.2) is 40.3 Å². The summed E-state index contributed by atoms with van der Waals surface area (Å²) in [6, 6.07) is 7.25. The number of aromatic nitrogens is 1. The Balaban J connectivity index is 2.34. The molecule has 0 saturated heterocycles. The predicted octanol–water partition coefficient (Wildman–Crippen LogP) is 3.07. The van der Waals surface area contributed by atoms with E-state index >= 15 is 0 Å². The topological polar surface area (TPSA) is 76.2 Å². The summed E-state index contributed by atoms with van der Waals surface area (Å²) in [6.07, 6.45) is 0. The second-order valence-corrected chi connectivity index (χ2v) is 14.3. The molecular formula is C15H21NO4SSi. The molecule has 22 heavy (non-hydrogen) atoms. The Morgan fingerprint density at radius 1 is 1.23 bits per heavy atom. The van der Waals surface area contributed by atoms with Crippen molar-refractivity contribution in [1.29, 1.82) is 0 Å². The van der Waals surface area contributed by atoms with Crippen LogP contribution in [0.15, 0.2) is 29.3 Å². The lowest BCUT2D eigenvalue weighted by Crippen LogP contribution is -2.24. The van der Waals surface area contributed by atoms with E-state index in [1.807, 2.05) is 0 Å². The van der Waals surface area contributed by atoms with Crippen molar-refractivity contribution in [3.05, 3.63) is 29.8 Å². The Labute approximate surface area is 131 Å². The molecule has 0 atom stereocenters. The van der Waals surface area contributed by atoms with Gasteiger partial charge >= 0.3 is 5.97 Å². The van der Waals surface area contributed by atoms with Crippen molar-refractivity contribution in [3.8, 4) is 0 Å². The number of methoxy groups -OCH3 is 1. The van der Waals surface area contributed by atoms with Crippen molar-refractivity contribution < 1.29 is 17.9 Å². The van der Waals surface area contributed by atoms with Crippen LogP contribution in [0.5, 0.6) is 0 Å². The van der Waals surface area contributed by atoms with E-state index in [1.165, 1.54) is 7.11 Å². The van der Waals surface area contributed by atoms with Gasteiger partial charge in [0.2, 0.25) is 0 Å². The van der Waals surface area contributed by atoms with E-state index < -0.39 is 23.9 Å². The van der Waals surface area contributed by atoms with E-state index in [-0.39, 0.29) is 10.8 Å². The van der Waals surface area contributed by atoms with Gasteiger partial charge in [0.1, 0.15) is 5.03 Å². The third-order valence-electron chi connectivity index (χ3n) is 3.47. The van der Waals surface area contributed by atoms with Crippen LogP contribution in [0.1, 0.15) is 10.4 Å². The van der Waals surface area contributed by atoms with Gasteiger partial charge < -0.3 is 9.72 Å². The Hall–Kier alpha value is -1.60. The number of fused-ring (bicyclic) bond motifs is 1. The first kappa shape index (κ1) is 16.8. The molecule has 2 aromatic rings. The highest BCUT2D eigenvalue weighted by Gasteiger charge is 2.22. The minimum absolute atomic E-state index is 0.152. The summed E-state index contributed by atoms with van der Waals surface area (Å²) in [7, 11) is -3.44. The lowest BCUT2D eigenvalue weighted by atomic mass is 10.1. The highest BCUT2D eigenvalue weighted by molar-refractivity contribution is 7.91. The number of ether oxygens (including phenoxy) is 1. The molecule has 0 bridgehead atoms. The summed E-state index contributed by atoms with van der Waals surface area (Å²) in [5, 5.41) is 0.900. The van der Waals surface area contributed by atoms with Crippen molar-refractivity contribution in [2.24, 2.45) is 0 Å². The monoisotopic (exact) mass is 339 g/mol. The number of carbonyl (C=O) groups is 1. The molecule has 5 nitrogen and oxygen atoms in total. The number of rotatable bonds is 5. The van der Waals surface area contributed by atoms with Crippen molar-refractivity contribution in [2.75, 3.05) is 12.9 Å². The molecule has 7 heteroatoms. The average molecular weight is 339 g/mol. The SMILES string of the molecule is COC(=O)c1ccc2[nH]c(S(=O)(=O)CC[Si](C)(C)C)cc2c1. The number of sulfone groups is 1. The van der Waals surface area contributed by atoms with Crippen LogP contribution in [0.4, 0.5) is 0 Å². The lowest BCUT2D eigenvalue weighted by Gasteiger charge is -2.14. The molecule has 0 unspecified atom stereocenters. The van der Waals surface area contributed by atoms with Crippen molar-refractivity contribution in [3.63, 3.8) is 0 Å². The van der Waals surface area contributed by atoms with Crippen molar-refractivity contribution in [2.45, 2.75) is 30.7 Å².